The van der Waals surface area contributed by atoms with Crippen molar-refractivity contribution in [3.05, 3.63) is 90.3 Å². The molecule has 0 fully saturated rings. The Morgan fingerprint density at radius 2 is 2.00 bits per heavy atom. The van der Waals surface area contributed by atoms with Crippen molar-refractivity contribution in [2.24, 2.45) is 0 Å². The number of hydrogen-bond acceptors (Lipinski definition) is 5. The molecule has 0 spiro atoms. The lowest BCUT2D eigenvalue weighted by molar-refractivity contribution is 0.303. The Hall–Kier alpha value is -4.26. The van der Waals surface area contributed by atoms with Crippen molar-refractivity contribution in [1.29, 1.82) is 0 Å². The first-order chi connectivity index (χ1) is 17.1. The lowest BCUT2D eigenvalue weighted by atomic mass is 10.0. The first-order valence-corrected chi connectivity index (χ1v) is 11.8. The van der Waals surface area contributed by atoms with Crippen molar-refractivity contribution in [2.45, 2.75) is 39.8 Å². The van der Waals surface area contributed by atoms with Gasteiger partial charge in [0.25, 0.3) is 0 Å². The van der Waals surface area contributed by atoms with Crippen molar-refractivity contribution >= 4 is 10.9 Å². The molecule has 5 rings (SSSR count). The Bertz CT molecular complexity index is 1450. The lowest BCUT2D eigenvalue weighted by Gasteiger charge is -2.14. The largest absolute Gasteiger partial charge is 0.489 e. The number of benzene rings is 2. The number of rotatable bonds is 9. The molecule has 0 radical (unpaired) electrons. The number of aryl methyl sites for hydroxylation is 1. The van der Waals surface area contributed by atoms with Crippen LogP contribution in [0.5, 0.6) is 5.75 Å². The van der Waals surface area contributed by atoms with E-state index in [0.29, 0.717) is 18.1 Å². The third-order valence-corrected chi connectivity index (χ3v) is 5.95. The van der Waals surface area contributed by atoms with Crippen LogP contribution in [0, 0.1) is 0 Å². The van der Waals surface area contributed by atoms with Crippen LogP contribution >= 0.6 is 0 Å². The average molecular weight is 465 g/mol. The van der Waals surface area contributed by atoms with Crippen LogP contribution in [0.3, 0.4) is 0 Å². The Morgan fingerprint density at radius 1 is 1.09 bits per heavy atom. The predicted octanol–water partition coefficient (Wildman–Crippen LogP) is 5.99. The van der Waals surface area contributed by atoms with Gasteiger partial charge in [-0.3, -0.25) is 4.98 Å². The lowest BCUT2D eigenvalue weighted by Crippen LogP contribution is -2.01. The van der Waals surface area contributed by atoms with Gasteiger partial charge in [-0.05, 0) is 60.0 Å². The standard InChI is InChI=1S/C28H28N6O/c1-4-6-24-23-13-14-34(17-19(2)3)26(23)11-12-27(24)35-18-20-7-5-8-21(15-20)22-9-10-25(29-16-22)28-30-32-33-31-28/h5,7-16H,2,4,6,17-18H2,1,3H3,(H,30,31,32,33). The molecule has 7 nitrogen and oxygen atoms in total. The molecule has 5 aromatic rings. The van der Waals surface area contributed by atoms with Gasteiger partial charge in [-0.1, -0.05) is 49.8 Å². The summed E-state index contributed by atoms with van der Waals surface area (Å²) in [6, 6.07) is 18.7. The van der Waals surface area contributed by atoms with E-state index in [2.05, 4.69) is 99.3 Å². The fourth-order valence-corrected chi connectivity index (χ4v) is 4.35. The van der Waals surface area contributed by atoms with Crippen molar-refractivity contribution in [3.8, 4) is 28.4 Å². The molecule has 35 heavy (non-hydrogen) atoms. The van der Waals surface area contributed by atoms with Crippen LogP contribution in [0.1, 0.15) is 31.4 Å². The minimum atomic E-state index is 0.480. The zero-order chi connectivity index (χ0) is 24.2. The number of pyridine rings is 1. The van der Waals surface area contributed by atoms with Gasteiger partial charge in [0.15, 0.2) is 0 Å². The maximum atomic E-state index is 6.36. The molecule has 0 atom stereocenters. The first kappa shape index (κ1) is 22.5. The van der Waals surface area contributed by atoms with Crippen LogP contribution in [0.15, 0.2) is 79.1 Å². The molecule has 1 N–H and O–H groups in total. The quantitative estimate of drug-likeness (QED) is 0.271. The van der Waals surface area contributed by atoms with E-state index in [1.165, 1.54) is 16.5 Å². The molecule has 0 saturated carbocycles. The van der Waals surface area contributed by atoms with Crippen LogP contribution < -0.4 is 4.74 Å². The molecule has 3 heterocycles. The maximum absolute atomic E-state index is 6.36. The number of tetrazole rings is 1. The highest BCUT2D eigenvalue weighted by Crippen LogP contribution is 2.31. The van der Waals surface area contributed by atoms with Crippen molar-refractivity contribution in [2.75, 3.05) is 0 Å². The number of aromatic nitrogens is 6. The fraction of sp³-hybridized carbons (Fsp3) is 0.214. The summed E-state index contributed by atoms with van der Waals surface area (Å²) < 4.78 is 8.62. The second-order valence-electron chi connectivity index (χ2n) is 8.78. The van der Waals surface area contributed by atoms with Gasteiger partial charge < -0.3 is 9.30 Å². The summed E-state index contributed by atoms with van der Waals surface area (Å²) in [4.78, 5) is 4.48. The van der Waals surface area contributed by atoms with E-state index in [-0.39, 0.29) is 0 Å². The molecule has 0 aliphatic carbocycles. The van der Waals surface area contributed by atoms with Gasteiger partial charge in [0.05, 0.1) is 0 Å². The summed E-state index contributed by atoms with van der Waals surface area (Å²) in [5.74, 6) is 1.43. The fourth-order valence-electron chi connectivity index (χ4n) is 4.35. The minimum absolute atomic E-state index is 0.480. The SMILES string of the molecule is C=C(C)Cn1ccc2c(CCC)c(OCc3cccc(-c4ccc(-c5nn[nH]n5)nc4)c3)ccc21. The van der Waals surface area contributed by atoms with Crippen LogP contribution in [0.25, 0.3) is 33.5 Å². The molecule has 0 bridgehead atoms. The maximum Gasteiger partial charge on any atom is 0.222 e. The normalized spacial score (nSPS) is 11.1. The minimum Gasteiger partial charge on any atom is -0.489 e. The zero-order valence-electron chi connectivity index (χ0n) is 20.0. The molecule has 0 amide bonds. The molecule has 0 aliphatic heterocycles. The highest BCUT2D eigenvalue weighted by atomic mass is 16.5. The van der Waals surface area contributed by atoms with Gasteiger partial charge in [0, 0.05) is 41.0 Å². The van der Waals surface area contributed by atoms with Gasteiger partial charge >= 0.3 is 0 Å². The molecular formula is C28H28N6O. The Balaban J connectivity index is 1.36. The van der Waals surface area contributed by atoms with E-state index in [1.807, 2.05) is 18.3 Å². The molecule has 0 aliphatic rings. The molecule has 2 aromatic carbocycles. The van der Waals surface area contributed by atoms with Crippen LogP contribution in [-0.4, -0.2) is 30.2 Å². The predicted molar refractivity (Wildman–Crippen MR) is 138 cm³/mol. The van der Waals surface area contributed by atoms with Gasteiger partial charge in [-0.25, -0.2) is 0 Å². The molecule has 0 unspecified atom stereocenters. The number of fused-ring (bicyclic) bond motifs is 1. The number of ether oxygens (including phenoxy) is 1. The van der Waals surface area contributed by atoms with Crippen LogP contribution in [0.4, 0.5) is 0 Å². The summed E-state index contributed by atoms with van der Waals surface area (Å²) >= 11 is 0. The Labute approximate surface area is 204 Å². The van der Waals surface area contributed by atoms with Gasteiger partial charge in [-0.2, -0.15) is 5.21 Å². The smallest absolute Gasteiger partial charge is 0.222 e. The Morgan fingerprint density at radius 3 is 2.74 bits per heavy atom. The van der Waals surface area contributed by atoms with E-state index in [4.69, 9.17) is 4.74 Å². The first-order valence-electron chi connectivity index (χ1n) is 11.8. The second kappa shape index (κ2) is 9.93. The summed E-state index contributed by atoms with van der Waals surface area (Å²) in [7, 11) is 0. The van der Waals surface area contributed by atoms with Crippen LogP contribution in [0.2, 0.25) is 0 Å². The summed E-state index contributed by atoms with van der Waals surface area (Å²) in [5, 5.41) is 15.3. The molecule has 3 aromatic heterocycles. The molecule has 176 valence electrons. The average Bonchev–Trinajstić information content (AvgIpc) is 3.55. The van der Waals surface area contributed by atoms with E-state index < -0.39 is 0 Å². The Kier molecular flexibility index (Phi) is 6.39. The van der Waals surface area contributed by atoms with Gasteiger partial charge in [0.2, 0.25) is 5.82 Å². The summed E-state index contributed by atoms with van der Waals surface area (Å²) in [6.07, 6.45) is 6.00. The molecule has 0 saturated heterocycles. The van der Waals surface area contributed by atoms with E-state index >= 15 is 0 Å². The second-order valence-corrected chi connectivity index (χ2v) is 8.78. The molecular weight excluding hydrogens is 436 g/mol. The van der Waals surface area contributed by atoms with Crippen molar-refractivity contribution in [1.82, 2.24) is 30.2 Å². The third-order valence-electron chi connectivity index (χ3n) is 5.95. The van der Waals surface area contributed by atoms with Crippen molar-refractivity contribution < 1.29 is 4.74 Å². The number of nitrogens with one attached hydrogen (secondary N) is 1. The number of H-pyrrole nitrogens is 1. The van der Waals surface area contributed by atoms with E-state index in [0.717, 1.165) is 47.4 Å². The number of nitrogens with zero attached hydrogens (tertiary/aromatic N) is 5. The zero-order valence-corrected chi connectivity index (χ0v) is 20.0. The highest BCUT2D eigenvalue weighted by molar-refractivity contribution is 5.86. The summed E-state index contributed by atoms with van der Waals surface area (Å²) in [6.45, 7) is 9.65. The van der Waals surface area contributed by atoms with E-state index in [1.54, 1.807) is 0 Å². The van der Waals surface area contributed by atoms with Gasteiger partial charge in [0.1, 0.15) is 18.1 Å². The number of allylic oxidation sites excluding steroid dienone is 1. The van der Waals surface area contributed by atoms with Gasteiger partial charge in [-0.15, -0.1) is 10.2 Å². The van der Waals surface area contributed by atoms with Crippen molar-refractivity contribution in [3.63, 3.8) is 0 Å². The molecule has 7 heteroatoms. The highest BCUT2D eigenvalue weighted by Gasteiger charge is 2.12. The van der Waals surface area contributed by atoms with E-state index in [9.17, 15) is 0 Å². The van der Waals surface area contributed by atoms with Crippen LogP contribution in [-0.2, 0) is 19.6 Å². The summed E-state index contributed by atoms with van der Waals surface area (Å²) in [5.41, 5.74) is 7.51. The monoisotopic (exact) mass is 464 g/mol. The third kappa shape index (κ3) is 4.84. The number of hydrogen-bond donors (Lipinski definition) is 1. The number of aromatic amines is 1. The topological polar surface area (TPSA) is 81.5 Å².